The number of halogens is 6. The number of carbonyl (C=O) groups is 3. The number of nitrogens with zero attached hydrogens (tertiary/aromatic N) is 1. The number of hydrogen-bond donors (Lipinski definition) is 3. The van der Waals surface area contributed by atoms with Gasteiger partial charge in [-0.2, -0.15) is 26.3 Å². The van der Waals surface area contributed by atoms with Crippen molar-refractivity contribution < 1.29 is 50.6 Å². The number of anilines is 1. The second kappa shape index (κ2) is 13.1. The van der Waals surface area contributed by atoms with Gasteiger partial charge in [-0.3, -0.25) is 9.59 Å². The topological polar surface area (TPSA) is 108 Å². The maximum Gasteiger partial charge on any atom is 0.418 e. The molecule has 8 nitrogen and oxygen atoms in total. The van der Waals surface area contributed by atoms with Gasteiger partial charge in [-0.15, -0.1) is 0 Å². The van der Waals surface area contributed by atoms with E-state index in [0.717, 1.165) is 24.3 Å². The summed E-state index contributed by atoms with van der Waals surface area (Å²) in [5, 5.41) is 13.3. The van der Waals surface area contributed by atoms with Crippen LogP contribution in [0.15, 0.2) is 52.3 Å². The third-order valence-corrected chi connectivity index (χ3v) is 6.49. The summed E-state index contributed by atoms with van der Waals surface area (Å²) in [6.07, 6.45) is -9.61. The average molecular weight is 592 g/mol. The molecule has 1 heterocycles. The van der Waals surface area contributed by atoms with Gasteiger partial charge in [0.2, 0.25) is 5.91 Å². The fourth-order valence-electron chi connectivity index (χ4n) is 3.68. The highest BCUT2D eigenvalue weighted by atomic mass is 32.2. The molecule has 3 N–H and O–H groups in total. The van der Waals surface area contributed by atoms with Crippen molar-refractivity contribution in [2.24, 2.45) is 0 Å². The normalized spacial score (nSPS) is 14.3. The Bertz CT molecular complexity index is 1280. The van der Waals surface area contributed by atoms with Gasteiger partial charge in [0.15, 0.2) is 0 Å². The van der Waals surface area contributed by atoms with Crippen LogP contribution in [0, 0.1) is 0 Å². The number of carboxylic acids is 1. The summed E-state index contributed by atoms with van der Waals surface area (Å²) >= 11 is 0.408. The van der Waals surface area contributed by atoms with E-state index in [1.807, 2.05) is 0 Å². The van der Waals surface area contributed by atoms with E-state index in [9.17, 15) is 40.7 Å². The number of urea groups is 1. The van der Waals surface area contributed by atoms with Crippen LogP contribution in [0.4, 0.5) is 36.8 Å². The minimum absolute atomic E-state index is 0.0905. The summed E-state index contributed by atoms with van der Waals surface area (Å²) in [4.78, 5) is 35.5. The Labute approximate surface area is 228 Å². The maximum absolute atomic E-state index is 14.1. The molecule has 2 aromatic rings. The Morgan fingerprint density at radius 3 is 2.30 bits per heavy atom. The third-order valence-electron chi connectivity index (χ3n) is 5.44. The number of amides is 3. The lowest BCUT2D eigenvalue weighted by Crippen LogP contribution is -2.39. The van der Waals surface area contributed by atoms with Gasteiger partial charge in [-0.05, 0) is 35.9 Å². The van der Waals surface area contributed by atoms with E-state index in [-0.39, 0.29) is 49.9 Å². The van der Waals surface area contributed by atoms with Gasteiger partial charge in [-0.1, -0.05) is 23.9 Å². The highest BCUT2D eigenvalue weighted by molar-refractivity contribution is 7.99. The molecule has 216 valence electrons. The summed E-state index contributed by atoms with van der Waals surface area (Å²) < 4.78 is 89.6. The monoisotopic (exact) mass is 591 g/mol. The van der Waals surface area contributed by atoms with Gasteiger partial charge in [0.05, 0.1) is 30.8 Å². The predicted molar refractivity (Wildman–Crippen MR) is 133 cm³/mol. The molecule has 1 aliphatic heterocycles. The first-order valence-corrected chi connectivity index (χ1v) is 12.5. The van der Waals surface area contributed by atoms with E-state index >= 15 is 0 Å². The molecule has 0 atom stereocenters. The van der Waals surface area contributed by atoms with Crippen LogP contribution < -0.4 is 10.6 Å². The molecule has 3 rings (SSSR count). The van der Waals surface area contributed by atoms with Gasteiger partial charge < -0.3 is 25.4 Å². The first kappa shape index (κ1) is 30.8. The molecule has 0 bridgehead atoms. The third kappa shape index (κ3) is 8.64. The largest absolute Gasteiger partial charge is 0.481 e. The lowest BCUT2D eigenvalue weighted by Gasteiger charge is -2.25. The Balaban J connectivity index is 1.91. The zero-order chi connectivity index (χ0) is 29.5. The second-order valence-electron chi connectivity index (χ2n) is 8.32. The van der Waals surface area contributed by atoms with Crippen LogP contribution in [-0.2, 0) is 26.7 Å². The van der Waals surface area contributed by atoms with Crippen LogP contribution >= 0.6 is 11.8 Å². The summed E-state index contributed by atoms with van der Waals surface area (Å²) in [6, 6.07) is 6.35. The summed E-state index contributed by atoms with van der Waals surface area (Å²) in [5.41, 5.74) is -4.54. The van der Waals surface area contributed by atoms with E-state index in [4.69, 9.17) is 9.84 Å². The maximum atomic E-state index is 14.1. The zero-order valence-corrected chi connectivity index (χ0v) is 21.4. The Kier molecular flexibility index (Phi) is 10.1. The second-order valence-corrected chi connectivity index (χ2v) is 9.44. The summed E-state index contributed by atoms with van der Waals surface area (Å²) in [6.45, 7) is 0.712. The highest BCUT2D eigenvalue weighted by Gasteiger charge is 2.46. The molecule has 3 amide bonds. The SMILES string of the molecule is O=C(O)CCNC(=O)Nc1cccc(Sc2ccc(/C=C/C(=O)N3CCOCC3)c(C(F)(F)F)c2C(F)(F)F)c1. The molecule has 0 spiro atoms. The van der Waals surface area contributed by atoms with Crippen molar-refractivity contribution in [3.63, 3.8) is 0 Å². The first-order valence-electron chi connectivity index (χ1n) is 11.7. The number of carboxylic acid groups (broad SMARTS) is 1. The van der Waals surface area contributed by atoms with E-state index in [1.54, 1.807) is 0 Å². The van der Waals surface area contributed by atoms with Crippen LogP contribution in [-0.4, -0.2) is 60.8 Å². The van der Waals surface area contributed by atoms with Crippen LogP contribution in [0.2, 0.25) is 0 Å². The molecule has 0 unspecified atom stereocenters. The minimum atomic E-state index is -5.40. The summed E-state index contributed by atoms with van der Waals surface area (Å²) in [5.74, 6) is -1.79. The van der Waals surface area contributed by atoms with Crippen molar-refractivity contribution in [2.75, 3.05) is 38.2 Å². The van der Waals surface area contributed by atoms with Crippen molar-refractivity contribution in [3.8, 4) is 0 Å². The number of hydrogen-bond acceptors (Lipinski definition) is 5. The molecular weight excluding hydrogens is 568 g/mol. The molecule has 1 saturated heterocycles. The molecule has 0 radical (unpaired) electrons. The fourth-order valence-corrected chi connectivity index (χ4v) is 4.73. The van der Waals surface area contributed by atoms with Gasteiger partial charge >= 0.3 is 24.4 Å². The minimum Gasteiger partial charge on any atom is -0.481 e. The molecule has 2 aromatic carbocycles. The van der Waals surface area contributed by atoms with Crippen LogP contribution in [0.5, 0.6) is 0 Å². The quantitative estimate of drug-likeness (QED) is 0.283. The molecule has 1 fully saturated rings. The Morgan fingerprint density at radius 2 is 1.68 bits per heavy atom. The van der Waals surface area contributed by atoms with Gasteiger partial charge in [0.25, 0.3) is 0 Å². The number of nitrogens with one attached hydrogen (secondary N) is 2. The van der Waals surface area contributed by atoms with Gasteiger partial charge in [0.1, 0.15) is 0 Å². The van der Waals surface area contributed by atoms with Gasteiger partial charge in [0, 0.05) is 41.2 Å². The van der Waals surface area contributed by atoms with Crippen molar-refractivity contribution in [1.82, 2.24) is 10.2 Å². The Hall–Kier alpha value is -3.72. The molecule has 40 heavy (non-hydrogen) atoms. The summed E-state index contributed by atoms with van der Waals surface area (Å²) in [7, 11) is 0. The predicted octanol–water partition coefficient (Wildman–Crippen LogP) is 5.34. The smallest absolute Gasteiger partial charge is 0.418 e. The average Bonchev–Trinajstić information content (AvgIpc) is 2.86. The molecule has 15 heteroatoms. The molecule has 1 aliphatic rings. The fraction of sp³-hybridized carbons (Fsp3) is 0.320. The van der Waals surface area contributed by atoms with E-state index in [1.165, 1.54) is 29.2 Å². The molecular formula is C25H23F6N3O5S. The van der Waals surface area contributed by atoms with Crippen molar-refractivity contribution in [2.45, 2.75) is 28.6 Å². The van der Waals surface area contributed by atoms with E-state index in [0.29, 0.717) is 11.8 Å². The number of morpholine rings is 1. The lowest BCUT2D eigenvalue weighted by molar-refractivity contribution is -0.163. The molecule has 0 aromatic heterocycles. The van der Waals surface area contributed by atoms with E-state index in [2.05, 4.69) is 10.6 Å². The Morgan fingerprint density at radius 1 is 1.00 bits per heavy atom. The molecule has 0 aliphatic carbocycles. The highest BCUT2D eigenvalue weighted by Crippen LogP contribution is 2.48. The zero-order valence-electron chi connectivity index (χ0n) is 20.6. The van der Waals surface area contributed by atoms with Gasteiger partial charge in [-0.25, -0.2) is 4.79 Å². The van der Waals surface area contributed by atoms with Crippen molar-refractivity contribution in [1.29, 1.82) is 0 Å². The van der Waals surface area contributed by atoms with Crippen LogP contribution in [0.25, 0.3) is 6.08 Å². The standard InChI is InChI=1S/C25H23F6N3O5S/c26-24(27,28)21-15(5-7-19(35)34-10-12-39-13-11-34)4-6-18(22(21)25(29,30)31)40-17-3-1-2-16(14-17)33-23(38)32-9-8-20(36)37/h1-7,14H,8-13H2,(H,36,37)(H2,32,33,38)/b7-5+. The number of aliphatic carboxylic acids is 1. The van der Waals surface area contributed by atoms with Crippen LogP contribution in [0.3, 0.4) is 0 Å². The first-order chi connectivity index (χ1) is 18.8. The van der Waals surface area contributed by atoms with Crippen molar-refractivity contribution >= 4 is 41.4 Å². The number of alkyl halides is 6. The van der Waals surface area contributed by atoms with Crippen LogP contribution in [0.1, 0.15) is 23.1 Å². The number of benzene rings is 2. The van der Waals surface area contributed by atoms with Crippen molar-refractivity contribution in [3.05, 3.63) is 59.2 Å². The van der Waals surface area contributed by atoms with E-state index < -0.39 is 51.8 Å². The number of rotatable bonds is 8. The lowest BCUT2D eigenvalue weighted by atomic mass is 9.99. The molecule has 0 saturated carbocycles. The number of ether oxygens (including phenoxy) is 1. The number of carbonyl (C=O) groups excluding carboxylic acids is 2.